The highest BCUT2D eigenvalue weighted by atomic mass is 19.4. The Labute approximate surface area is 115 Å². The van der Waals surface area contributed by atoms with Gasteiger partial charge in [-0.05, 0) is 18.2 Å². The summed E-state index contributed by atoms with van der Waals surface area (Å²) in [6.07, 6.45) is -4.29. The fraction of sp³-hybridized carbons (Fsp3) is 0.0833. The molecule has 5 nitrogen and oxygen atoms in total. The van der Waals surface area contributed by atoms with Crippen LogP contribution >= 0.6 is 0 Å². The number of hydrogen-bond donors (Lipinski definition) is 0. The third-order valence-corrected chi connectivity index (χ3v) is 2.31. The van der Waals surface area contributed by atoms with Gasteiger partial charge in [-0.2, -0.15) is 13.2 Å². The Morgan fingerprint density at radius 3 is 2.52 bits per heavy atom. The molecule has 1 heterocycles. The van der Waals surface area contributed by atoms with Crippen LogP contribution in [0.4, 0.5) is 23.2 Å². The zero-order valence-electron chi connectivity index (χ0n) is 10.0. The van der Waals surface area contributed by atoms with Crippen molar-refractivity contribution in [1.29, 1.82) is 0 Å². The second kappa shape index (κ2) is 5.35. The van der Waals surface area contributed by atoms with Crippen LogP contribution in [-0.4, -0.2) is 9.91 Å². The molecule has 2 rings (SSSR count). The van der Waals surface area contributed by atoms with Crippen LogP contribution in [0.15, 0.2) is 30.5 Å². The first-order valence-electron chi connectivity index (χ1n) is 5.34. The maximum absolute atomic E-state index is 13.5. The summed E-state index contributed by atoms with van der Waals surface area (Å²) in [5.74, 6) is -2.03. The monoisotopic (exact) mass is 301 g/mol. The van der Waals surface area contributed by atoms with Gasteiger partial charge in [0.1, 0.15) is 5.75 Å². The largest absolute Gasteiger partial charge is 0.436 e. The van der Waals surface area contributed by atoms with Crippen molar-refractivity contribution in [2.24, 2.45) is 0 Å². The average molecular weight is 301 g/mol. The van der Waals surface area contributed by atoms with E-state index in [9.17, 15) is 27.7 Å². The average Bonchev–Trinajstić information content (AvgIpc) is 2.40. The van der Waals surface area contributed by atoms with Gasteiger partial charge in [-0.1, -0.05) is 0 Å². The lowest BCUT2D eigenvalue weighted by Gasteiger charge is -2.09. The highest BCUT2D eigenvalue weighted by molar-refractivity contribution is 5.36. The fourth-order valence-electron chi connectivity index (χ4n) is 1.35. The van der Waals surface area contributed by atoms with Crippen LogP contribution < -0.4 is 4.74 Å². The molecule has 0 saturated heterocycles. The standard InChI is InChI=1S/C12H5F4N2O3/c13-10-5-7(12(14,15)16)6-17-11(10)21-9-3-1-8(2-4-9)18(19)20/h1,3-6H. The molecule has 0 spiro atoms. The predicted octanol–water partition coefficient (Wildman–Crippen LogP) is 3.74. The van der Waals surface area contributed by atoms with E-state index in [0.717, 1.165) is 18.2 Å². The molecule has 0 atom stereocenters. The number of ether oxygens (including phenoxy) is 1. The second-order valence-electron chi connectivity index (χ2n) is 3.78. The van der Waals surface area contributed by atoms with Crippen LogP contribution in [0.2, 0.25) is 0 Å². The van der Waals surface area contributed by atoms with Crippen LogP contribution in [-0.2, 0) is 6.18 Å². The van der Waals surface area contributed by atoms with Gasteiger partial charge in [0.15, 0.2) is 5.82 Å². The molecule has 0 unspecified atom stereocenters. The SMILES string of the molecule is O=[N+]([O-])c1[c]cc(Oc2ncc(C(F)(F)F)cc2F)cc1. The zero-order valence-corrected chi connectivity index (χ0v) is 10.0. The summed E-state index contributed by atoms with van der Waals surface area (Å²) in [6.45, 7) is 0. The molecule has 0 fully saturated rings. The highest BCUT2D eigenvalue weighted by Crippen LogP contribution is 2.31. The quantitative estimate of drug-likeness (QED) is 0.492. The number of alkyl halides is 3. The van der Waals surface area contributed by atoms with Crippen LogP contribution in [0.1, 0.15) is 5.56 Å². The topological polar surface area (TPSA) is 65.3 Å². The van der Waals surface area contributed by atoms with E-state index in [1.807, 2.05) is 0 Å². The first kappa shape index (κ1) is 14.7. The zero-order chi connectivity index (χ0) is 15.6. The molecule has 0 amide bonds. The van der Waals surface area contributed by atoms with Crippen molar-refractivity contribution in [3.63, 3.8) is 0 Å². The molecule has 1 aromatic carbocycles. The van der Waals surface area contributed by atoms with Gasteiger partial charge in [0, 0.05) is 12.3 Å². The number of nitro benzene ring substituents is 1. The van der Waals surface area contributed by atoms with E-state index in [0.29, 0.717) is 6.20 Å². The summed E-state index contributed by atoms with van der Waals surface area (Å²) in [5, 5.41) is 10.4. The Bertz CT molecular complexity index is 671. The Morgan fingerprint density at radius 1 is 1.33 bits per heavy atom. The van der Waals surface area contributed by atoms with Gasteiger partial charge in [0.25, 0.3) is 11.6 Å². The number of halogens is 4. The minimum absolute atomic E-state index is 0.0493. The molecule has 1 aromatic heterocycles. The van der Waals surface area contributed by atoms with E-state index in [2.05, 4.69) is 11.1 Å². The van der Waals surface area contributed by atoms with E-state index in [-0.39, 0.29) is 17.5 Å². The first-order chi connectivity index (χ1) is 9.77. The third kappa shape index (κ3) is 3.44. The van der Waals surface area contributed by atoms with Crippen LogP contribution in [0.25, 0.3) is 0 Å². The molecular formula is C12H5F4N2O3. The Morgan fingerprint density at radius 2 is 2.05 bits per heavy atom. The van der Waals surface area contributed by atoms with Gasteiger partial charge in [0.05, 0.1) is 16.6 Å². The number of pyridine rings is 1. The van der Waals surface area contributed by atoms with Crippen molar-refractivity contribution in [2.75, 3.05) is 0 Å². The van der Waals surface area contributed by atoms with E-state index < -0.39 is 28.4 Å². The molecule has 9 heteroatoms. The molecule has 0 bridgehead atoms. The van der Waals surface area contributed by atoms with Crippen LogP contribution in [0.3, 0.4) is 0 Å². The Kier molecular flexibility index (Phi) is 3.74. The maximum Gasteiger partial charge on any atom is 0.417 e. The number of nitrogens with zero attached hydrogens (tertiary/aromatic N) is 2. The smallest absolute Gasteiger partial charge is 0.417 e. The molecule has 0 aliphatic carbocycles. The van der Waals surface area contributed by atoms with Gasteiger partial charge in [-0.3, -0.25) is 10.1 Å². The molecule has 2 aromatic rings. The minimum Gasteiger partial charge on any atom is -0.436 e. The summed E-state index contributed by atoms with van der Waals surface area (Å²) < 4.78 is 55.4. The number of hydrogen-bond acceptors (Lipinski definition) is 4. The molecular weight excluding hydrogens is 296 g/mol. The molecule has 1 radical (unpaired) electrons. The van der Waals surface area contributed by atoms with Crippen molar-refractivity contribution >= 4 is 5.69 Å². The number of nitro groups is 1. The molecule has 0 aliphatic heterocycles. The number of aromatic nitrogens is 1. The fourth-order valence-corrected chi connectivity index (χ4v) is 1.35. The minimum atomic E-state index is -4.71. The van der Waals surface area contributed by atoms with Gasteiger partial charge >= 0.3 is 6.18 Å². The molecule has 109 valence electrons. The summed E-state index contributed by atoms with van der Waals surface area (Å²) in [6, 6.07) is 5.76. The van der Waals surface area contributed by atoms with E-state index in [1.54, 1.807) is 0 Å². The van der Waals surface area contributed by atoms with Crippen LogP contribution in [0, 0.1) is 22.0 Å². The highest BCUT2D eigenvalue weighted by Gasteiger charge is 2.32. The number of rotatable bonds is 3. The molecule has 0 aliphatic rings. The maximum atomic E-state index is 13.5. The van der Waals surface area contributed by atoms with Crippen molar-refractivity contribution < 1.29 is 27.2 Å². The summed E-state index contributed by atoms with van der Waals surface area (Å²) in [5.41, 5.74) is -1.58. The van der Waals surface area contributed by atoms with Crippen molar-refractivity contribution in [3.8, 4) is 11.6 Å². The lowest BCUT2D eigenvalue weighted by Crippen LogP contribution is -2.06. The third-order valence-electron chi connectivity index (χ3n) is 2.31. The summed E-state index contributed by atoms with van der Waals surface area (Å²) in [4.78, 5) is 12.9. The second-order valence-corrected chi connectivity index (χ2v) is 3.78. The van der Waals surface area contributed by atoms with E-state index in [4.69, 9.17) is 4.74 Å². The predicted molar refractivity (Wildman–Crippen MR) is 61.2 cm³/mol. The summed E-state index contributed by atoms with van der Waals surface area (Å²) in [7, 11) is 0. The number of benzene rings is 1. The molecule has 0 N–H and O–H groups in total. The van der Waals surface area contributed by atoms with Crippen molar-refractivity contribution in [2.45, 2.75) is 6.18 Å². The normalized spacial score (nSPS) is 11.2. The first-order valence-corrected chi connectivity index (χ1v) is 5.34. The van der Waals surface area contributed by atoms with E-state index >= 15 is 0 Å². The summed E-state index contributed by atoms with van der Waals surface area (Å²) >= 11 is 0. The van der Waals surface area contributed by atoms with Crippen molar-refractivity contribution in [1.82, 2.24) is 4.98 Å². The molecule has 0 saturated carbocycles. The Hall–Kier alpha value is -2.71. The Balaban J connectivity index is 2.22. The lowest BCUT2D eigenvalue weighted by molar-refractivity contribution is -0.385. The van der Waals surface area contributed by atoms with E-state index in [1.165, 1.54) is 0 Å². The lowest BCUT2D eigenvalue weighted by atomic mass is 10.2. The molecule has 21 heavy (non-hydrogen) atoms. The number of non-ortho nitro benzene ring substituents is 1. The van der Waals surface area contributed by atoms with Crippen LogP contribution in [0.5, 0.6) is 11.6 Å². The van der Waals surface area contributed by atoms with Gasteiger partial charge in [-0.25, -0.2) is 9.37 Å². The van der Waals surface area contributed by atoms with Gasteiger partial charge < -0.3 is 4.74 Å². The van der Waals surface area contributed by atoms with Gasteiger partial charge in [-0.15, -0.1) is 0 Å². The van der Waals surface area contributed by atoms with Crippen molar-refractivity contribution in [3.05, 3.63) is 58.0 Å². The van der Waals surface area contributed by atoms with Gasteiger partial charge in [0.2, 0.25) is 0 Å².